The van der Waals surface area contributed by atoms with Gasteiger partial charge in [-0.2, -0.15) is 0 Å². The van der Waals surface area contributed by atoms with Crippen molar-refractivity contribution in [2.45, 2.75) is 31.8 Å². The highest BCUT2D eigenvalue weighted by Gasteiger charge is 2.30. The summed E-state index contributed by atoms with van der Waals surface area (Å²) in [6, 6.07) is 9.92. The number of benzene rings is 2. The molecule has 0 aromatic heterocycles. The Labute approximate surface area is 188 Å². The molecule has 1 aliphatic heterocycles. The van der Waals surface area contributed by atoms with Crippen LogP contribution in [0, 0.1) is 5.82 Å². The van der Waals surface area contributed by atoms with Gasteiger partial charge in [-0.25, -0.2) is 4.39 Å². The summed E-state index contributed by atoms with van der Waals surface area (Å²) in [6.45, 7) is 2.43. The van der Waals surface area contributed by atoms with Crippen LogP contribution in [0.15, 0.2) is 36.4 Å². The molecular formula is C24H31FN2O5. The molecule has 1 heterocycles. The molecule has 0 radical (unpaired) electrons. The topological polar surface area (TPSA) is 69.3 Å². The molecule has 32 heavy (non-hydrogen) atoms. The Bertz CT molecular complexity index is 865. The van der Waals surface area contributed by atoms with Crippen LogP contribution >= 0.6 is 0 Å². The predicted octanol–water partition coefficient (Wildman–Crippen LogP) is 3.40. The van der Waals surface area contributed by atoms with E-state index in [2.05, 4.69) is 5.32 Å². The quantitative estimate of drug-likeness (QED) is 0.504. The summed E-state index contributed by atoms with van der Waals surface area (Å²) in [5, 5.41) is 3.35. The summed E-state index contributed by atoms with van der Waals surface area (Å²) >= 11 is 0. The van der Waals surface area contributed by atoms with Crippen LogP contribution in [0.2, 0.25) is 0 Å². The number of rotatable bonds is 12. The Morgan fingerprint density at radius 3 is 2.34 bits per heavy atom. The van der Waals surface area contributed by atoms with E-state index in [4.69, 9.17) is 18.9 Å². The van der Waals surface area contributed by atoms with Crippen molar-refractivity contribution >= 4 is 5.91 Å². The molecule has 0 spiro atoms. The molecule has 174 valence electrons. The number of halogens is 1. The molecule has 0 saturated carbocycles. The van der Waals surface area contributed by atoms with Crippen LogP contribution in [0.25, 0.3) is 0 Å². The van der Waals surface area contributed by atoms with Crippen LogP contribution in [0.3, 0.4) is 0 Å². The van der Waals surface area contributed by atoms with Gasteiger partial charge in [0.2, 0.25) is 11.7 Å². The maximum atomic E-state index is 12.9. The van der Waals surface area contributed by atoms with Gasteiger partial charge in [0.1, 0.15) is 18.2 Å². The lowest BCUT2D eigenvalue weighted by Gasteiger charge is -2.26. The molecular weight excluding hydrogens is 415 g/mol. The Morgan fingerprint density at radius 1 is 1.03 bits per heavy atom. The third-order valence-electron chi connectivity index (χ3n) is 5.55. The molecule has 3 rings (SSSR count). The average Bonchev–Trinajstić information content (AvgIpc) is 3.15. The third-order valence-corrected chi connectivity index (χ3v) is 5.55. The SMILES string of the molecule is COc1cc(CN2C(=O)CCC2CCNCCOc2ccc(F)cc2)cc(OC)c1OC. The van der Waals surface area contributed by atoms with Gasteiger partial charge < -0.3 is 29.2 Å². The third kappa shape index (κ3) is 6.03. The largest absolute Gasteiger partial charge is 0.493 e. The molecule has 2 aromatic carbocycles. The number of carbonyl (C=O) groups is 1. The molecule has 1 saturated heterocycles. The van der Waals surface area contributed by atoms with Gasteiger partial charge in [-0.15, -0.1) is 0 Å². The zero-order chi connectivity index (χ0) is 22.9. The van der Waals surface area contributed by atoms with Crippen molar-refractivity contribution in [1.29, 1.82) is 0 Å². The van der Waals surface area contributed by atoms with Gasteiger partial charge in [-0.05, 0) is 61.3 Å². The van der Waals surface area contributed by atoms with E-state index in [-0.39, 0.29) is 17.8 Å². The van der Waals surface area contributed by atoms with Gasteiger partial charge in [0.05, 0.1) is 21.3 Å². The molecule has 0 aliphatic carbocycles. The minimum Gasteiger partial charge on any atom is -0.493 e. The number of hydrogen-bond donors (Lipinski definition) is 1. The monoisotopic (exact) mass is 446 g/mol. The molecule has 1 amide bonds. The maximum Gasteiger partial charge on any atom is 0.223 e. The van der Waals surface area contributed by atoms with E-state index in [1.807, 2.05) is 17.0 Å². The molecule has 2 aromatic rings. The summed E-state index contributed by atoms with van der Waals surface area (Å²) in [7, 11) is 4.73. The zero-order valence-electron chi connectivity index (χ0n) is 18.9. The summed E-state index contributed by atoms with van der Waals surface area (Å²) in [5.41, 5.74) is 0.931. The number of methoxy groups -OCH3 is 3. The van der Waals surface area contributed by atoms with Crippen LogP contribution in [0.1, 0.15) is 24.8 Å². The Morgan fingerprint density at radius 2 is 1.72 bits per heavy atom. The highest BCUT2D eigenvalue weighted by atomic mass is 19.1. The fraction of sp³-hybridized carbons (Fsp3) is 0.458. The lowest BCUT2D eigenvalue weighted by Crippen LogP contribution is -2.35. The molecule has 7 nitrogen and oxygen atoms in total. The Kier molecular flexibility index (Phi) is 8.56. The van der Waals surface area contributed by atoms with Gasteiger partial charge in [0.15, 0.2) is 11.5 Å². The van der Waals surface area contributed by atoms with Crippen LogP contribution in [0.5, 0.6) is 23.0 Å². The molecule has 8 heteroatoms. The molecule has 0 bridgehead atoms. The van der Waals surface area contributed by atoms with E-state index in [1.54, 1.807) is 33.5 Å². The number of likely N-dealkylation sites (tertiary alicyclic amines) is 1. The van der Waals surface area contributed by atoms with Gasteiger partial charge >= 0.3 is 0 Å². The van der Waals surface area contributed by atoms with E-state index in [1.165, 1.54) is 12.1 Å². The first kappa shape index (κ1) is 23.7. The second kappa shape index (κ2) is 11.6. The number of nitrogens with one attached hydrogen (secondary N) is 1. The van der Waals surface area contributed by atoms with Gasteiger partial charge in [0.25, 0.3) is 0 Å². The fourth-order valence-corrected chi connectivity index (χ4v) is 3.90. The van der Waals surface area contributed by atoms with E-state index in [0.29, 0.717) is 49.1 Å². The number of hydrogen-bond acceptors (Lipinski definition) is 6. The summed E-state index contributed by atoms with van der Waals surface area (Å²) in [4.78, 5) is 14.4. The zero-order valence-corrected chi connectivity index (χ0v) is 18.9. The van der Waals surface area contributed by atoms with Gasteiger partial charge in [0, 0.05) is 25.6 Å². The van der Waals surface area contributed by atoms with Crippen molar-refractivity contribution in [3.8, 4) is 23.0 Å². The van der Waals surface area contributed by atoms with Crippen molar-refractivity contribution < 1.29 is 28.1 Å². The van der Waals surface area contributed by atoms with Crippen LogP contribution in [0.4, 0.5) is 4.39 Å². The first-order chi connectivity index (χ1) is 15.5. The molecule has 1 atom stereocenters. The maximum absolute atomic E-state index is 12.9. The van der Waals surface area contributed by atoms with Crippen molar-refractivity contribution in [2.75, 3.05) is 41.0 Å². The molecule has 1 fully saturated rings. The van der Waals surface area contributed by atoms with E-state index in [9.17, 15) is 9.18 Å². The minimum atomic E-state index is -0.280. The lowest BCUT2D eigenvalue weighted by atomic mass is 10.1. The Hall–Kier alpha value is -3.00. The summed E-state index contributed by atoms with van der Waals surface area (Å²) < 4.78 is 34.7. The van der Waals surface area contributed by atoms with E-state index < -0.39 is 0 Å². The standard InChI is InChI=1S/C24H31FN2O5/c1-29-21-14-17(15-22(30-2)24(21)31-3)16-27-19(6-9-23(27)28)10-11-26-12-13-32-20-7-4-18(25)5-8-20/h4-5,7-8,14-15,19,26H,6,9-13,16H2,1-3H3. The van der Waals surface area contributed by atoms with Crippen molar-refractivity contribution in [1.82, 2.24) is 10.2 Å². The Balaban J connectivity index is 1.49. The van der Waals surface area contributed by atoms with Crippen LogP contribution in [-0.4, -0.2) is 57.9 Å². The number of carbonyl (C=O) groups excluding carboxylic acids is 1. The van der Waals surface area contributed by atoms with Crippen LogP contribution in [-0.2, 0) is 11.3 Å². The summed E-state index contributed by atoms with van der Waals surface area (Å²) in [5.74, 6) is 2.21. The van der Waals surface area contributed by atoms with Gasteiger partial charge in [-0.3, -0.25) is 4.79 Å². The highest BCUT2D eigenvalue weighted by molar-refractivity contribution is 5.78. The predicted molar refractivity (Wildman–Crippen MR) is 119 cm³/mol. The smallest absolute Gasteiger partial charge is 0.223 e. The normalized spacial score (nSPS) is 15.7. The number of amides is 1. The average molecular weight is 447 g/mol. The van der Waals surface area contributed by atoms with Crippen LogP contribution < -0.4 is 24.3 Å². The molecule has 1 N–H and O–H groups in total. The second-order valence-electron chi connectivity index (χ2n) is 7.59. The first-order valence-corrected chi connectivity index (χ1v) is 10.7. The van der Waals surface area contributed by atoms with Crippen molar-refractivity contribution in [2.24, 2.45) is 0 Å². The molecule has 1 aliphatic rings. The molecule has 1 unspecified atom stereocenters. The number of nitrogens with zero attached hydrogens (tertiary/aromatic N) is 1. The summed E-state index contributed by atoms with van der Waals surface area (Å²) in [6.07, 6.45) is 2.26. The van der Waals surface area contributed by atoms with E-state index in [0.717, 1.165) is 24.9 Å². The first-order valence-electron chi connectivity index (χ1n) is 10.7. The van der Waals surface area contributed by atoms with Gasteiger partial charge in [-0.1, -0.05) is 0 Å². The van der Waals surface area contributed by atoms with Crippen molar-refractivity contribution in [3.05, 3.63) is 47.8 Å². The second-order valence-corrected chi connectivity index (χ2v) is 7.59. The van der Waals surface area contributed by atoms with E-state index >= 15 is 0 Å². The minimum absolute atomic E-state index is 0.156. The fourth-order valence-electron chi connectivity index (χ4n) is 3.90. The van der Waals surface area contributed by atoms with Crippen molar-refractivity contribution in [3.63, 3.8) is 0 Å². The lowest BCUT2D eigenvalue weighted by molar-refractivity contribution is -0.129. The highest BCUT2D eigenvalue weighted by Crippen LogP contribution is 2.39. The number of ether oxygens (including phenoxy) is 4.